The molecular formula is C20H12BrF3N4O3S. The predicted octanol–water partition coefficient (Wildman–Crippen LogP) is 3.75. The first-order valence-electron chi connectivity index (χ1n) is 8.94. The number of nitrogens with one attached hydrogen (secondary N) is 1. The summed E-state index contributed by atoms with van der Waals surface area (Å²) in [6.45, 7) is -0.477. The molecule has 7 nitrogen and oxygen atoms in total. The van der Waals surface area contributed by atoms with E-state index in [1.54, 1.807) is 18.2 Å². The molecule has 2 aromatic carbocycles. The van der Waals surface area contributed by atoms with Gasteiger partial charge < -0.3 is 11.1 Å². The first-order valence-corrected chi connectivity index (χ1v) is 10.5. The minimum atomic E-state index is -4.56. The van der Waals surface area contributed by atoms with E-state index >= 15 is 0 Å². The van der Waals surface area contributed by atoms with Crippen LogP contribution in [0.15, 0.2) is 56.8 Å². The molecule has 2 heterocycles. The van der Waals surface area contributed by atoms with Gasteiger partial charge in [-0.15, -0.1) is 0 Å². The lowest BCUT2D eigenvalue weighted by molar-refractivity contribution is -0.137. The largest absolute Gasteiger partial charge is 0.416 e. The fourth-order valence-electron chi connectivity index (χ4n) is 3.28. The summed E-state index contributed by atoms with van der Waals surface area (Å²) < 4.78 is 39.4. The molecule has 0 saturated carbocycles. The number of alkyl halides is 3. The highest BCUT2D eigenvalue weighted by atomic mass is 79.9. The number of nitrogens with zero attached hydrogens (tertiary/aromatic N) is 2. The summed E-state index contributed by atoms with van der Waals surface area (Å²) in [4.78, 5) is 42.7. The van der Waals surface area contributed by atoms with Gasteiger partial charge in [-0.3, -0.25) is 19.3 Å². The smallest absolute Gasteiger partial charge is 0.378 e. The number of hydrogen-bond donors (Lipinski definition) is 2. The van der Waals surface area contributed by atoms with Gasteiger partial charge in [-0.1, -0.05) is 22.0 Å². The minimum Gasteiger partial charge on any atom is -0.378 e. The molecule has 0 aliphatic carbocycles. The van der Waals surface area contributed by atoms with Crippen LogP contribution in [0, 0.1) is 0 Å². The monoisotopic (exact) mass is 524 g/mol. The topological polar surface area (TPSA) is 105 Å². The molecular weight excluding hydrogens is 513 g/mol. The van der Waals surface area contributed by atoms with Crippen LogP contribution >= 0.6 is 27.7 Å². The number of benzene rings is 2. The molecule has 0 radical (unpaired) electrons. The van der Waals surface area contributed by atoms with Gasteiger partial charge in [-0.2, -0.15) is 18.2 Å². The summed E-state index contributed by atoms with van der Waals surface area (Å²) in [6, 6.07) is 9.05. The van der Waals surface area contributed by atoms with Crippen molar-refractivity contribution in [1.29, 1.82) is 0 Å². The first kappa shape index (κ1) is 22.1. The lowest BCUT2D eigenvalue weighted by Crippen LogP contribution is -2.35. The first-order chi connectivity index (χ1) is 15.0. The van der Waals surface area contributed by atoms with Crippen molar-refractivity contribution in [2.45, 2.75) is 6.18 Å². The highest BCUT2D eigenvalue weighted by Gasteiger charge is 2.39. The van der Waals surface area contributed by atoms with E-state index < -0.39 is 36.0 Å². The van der Waals surface area contributed by atoms with Crippen LogP contribution in [-0.4, -0.2) is 29.4 Å². The summed E-state index contributed by atoms with van der Waals surface area (Å²) >= 11 is 4.18. The number of carbonyl (C=O) groups is 3. The molecule has 0 fully saturated rings. The third-order valence-electron chi connectivity index (χ3n) is 4.59. The fraction of sp³-hybridized carbons (Fsp3) is 0.100. The molecule has 0 saturated heterocycles. The maximum absolute atomic E-state index is 13.2. The van der Waals surface area contributed by atoms with Crippen LogP contribution in [-0.2, 0) is 20.6 Å². The number of anilines is 2. The van der Waals surface area contributed by atoms with Crippen LogP contribution in [0.4, 0.5) is 24.5 Å². The van der Waals surface area contributed by atoms with Gasteiger partial charge in [0.15, 0.2) is 5.17 Å². The van der Waals surface area contributed by atoms with Crippen molar-refractivity contribution < 1.29 is 27.6 Å². The third-order valence-corrected chi connectivity index (χ3v) is 5.97. The molecule has 164 valence electrons. The Morgan fingerprint density at radius 3 is 2.59 bits per heavy atom. The Bertz CT molecular complexity index is 1240. The van der Waals surface area contributed by atoms with E-state index in [2.05, 4.69) is 26.2 Å². The third kappa shape index (κ3) is 4.15. The number of thioether (sulfide) groups is 1. The van der Waals surface area contributed by atoms with Gasteiger partial charge in [-0.05, 0) is 48.2 Å². The molecule has 0 atom stereocenters. The van der Waals surface area contributed by atoms with Crippen molar-refractivity contribution in [3.05, 3.63) is 63.0 Å². The number of aliphatic imine (C=N–C) groups is 1. The molecule has 0 unspecified atom stereocenters. The summed E-state index contributed by atoms with van der Waals surface area (Å²) in [5.74, 6) is -1.98. The highest BCUT2D eigenvalue weighted by molar-refractivity contribution is 9.10. The lowest BCUT2D eigenvalue weighted by Gasteiger charge is -2.17. The van der Waals surface area contributed by atoms with Crippen molar-refractivity contribution in [1.82, 2.24) is 0 Å². The molecule has 12 heteroatoms. The molecule has 2 aromatic rings. The van der Waals surface area contributed by atoms with Crippen LogP contribution in [0.5, 0.6) is 0 Å². The highest BCUT2D eigenvalue weighted by Crippen LogP contribution is 2.43. The maximum atomic E-state index is 13.2. The standard InChI is InChI=1S/C20H12BrF3N4O3S/c21-10-4-5-13-12(7-10)15(16-17(30)27-19(25)32-16)18(31)28(13)8-14(29)26-11-3-1-2-9(6-11)20(22,23)24/h1-7H,8H2,(H,26,29)(H2,25,27,30)/b16-15+. The van der Waals surface area contributed by atoms with Gasteiger partial charge >= 0.3 is 6.18 Å². The summed E-state index contributed by atoms with van der Waals surface area (Å²) in [7, 11) is 0. The average Bonchev–Trinajstić information content (AvgIpc) is 3.16. The molecule has 32 heavy (non-hydrogen) atoms. The Hall–Kier alpha value is -3.12. The summed E-state index contributed by atoms with van der Waals surface area (Å²) in [6.07, 6.45) is -4.56. The van der Waals surface area contributed by atoms with E-state index in [-0.39, 0.29) is 21.3 Å². The Morgan fingerprint density at radius 2 is 1.94 bits per heavy atom. The normalized spacial score (nSPS) is 18.1. The van der Waals surface area contributed by atoms with Crippen molar-refractivity contribution in [3.8, 4) is 0 Å². The van der Waals surface area contributed by atoms with E-state index in [1.807, 2.05) is 0 Å². The predicted molar refractivity (Wildman–Crippen MR) is 118 cm³/mol. The maximum Gasteiger partial charge on any atom is 0.416 e. The second-order valence-electron chi connectivity index (χ2n) is 6.74. The number of rotatable bonds is 3. The van der Waals surface area contributed by atoms with E-state index in [4.69, 9.17) is 5.73 Å². The second kappa shape index (κ2) is 8.10. The number of nitrogens with two attached hydrogens (primary N) is 1. The Morgan fingerprint density at radius 1 is 1.19 bits per heavy atom. The molecule has 3 amide bonds. The van der Waals surface area contributed by atoms with Crippen molar-refractivity contribution in [2.24, 2.45) is 10.7 Å². The molecule has 0 spiro atoms. The molecule has 4 rings (SSSR count). The zero-order valence-electron chi connectivity index (χ0n) is 15.9. The van der Waals surface area contributed by atoms with Crippen LogP contribution in [0.2, 0.25) is 0 Å². The van der Waals surface area contributed by atoms with Gasteiger partial charge in [0.05, 0.1) is 21.7 Å². The van der Waals surface area contributed by atoms with Gasteiger partial charge in [0, 0.05) is 15.7 Å². The summed E-state index contributed by atoms with van der Waals surface area (Å²) in [5, 5.41) is 2.37. The van der Waals surface area contributed by atoms with Crippen LogP contribution < -0.4 is 16.0 Å². The molecule has 0 bridgehead atoms. The van der Waals surface area contributed by atoms with Gasteiger partial charge in [0.2, 0.25) is 5.91 Å². The SMILES string of the molecule is NC1=NC(=O)/C(=C2\C(=O)N(CC(=O)Nc3cccc(C(F)(F)F)c3)c3ccc(Br)cc32)S1. The van der Waals surface area contributed by atoms with E-state index in [1.165, 1.54) is 12.1 Å². The molecule has 2 aliphatic heterocycles. The zero-order valence-corrected chi connectivity index (χ0v) is 18.3. The van der Waals surface area contributed by atoms with Gasteiger partial charge in [-0.25, -0.2) is 0 Å². The lowest BCUT2D eigenvalue weighted by atomic mass is 10.1. The van der Waals surface area contributed by atoms with Crippen LogP contribution in [0.3, 0.4) is 0 Å². The quantitative estimate of drug-likeness (QED) is 0.595. The second-order valence-corrected chi connectivity index (χ2v) is 8.69. The summed E-state index contributed by atoms with van der Waals surface area (Å²) in [5.41, 5.74) is 5.48. The Labute approximate surface area is 191 Å². The number of amides is 3. The number of fused-ring (bicyclic) bond motifs is 1. The van der Waals surface area contributed by atoms with E-state index in [0.717, 1.165) is 28.8 Å². The Balaban J connectivity index is 1.63. The fourth-order valence-corrected chi connectivity index (χ4v) is 4.41. The number of carbonyl (C=O) groups excluding carboxylic acids is 3. The zero-order chi connectivity index (χ0) is 23.2. The number of hydrogen-bond acceptors (Lipinski definition) is 5. The van der Waals surface area contributed by atoms with Crippen LogP contribution in [0.25, 0.3) is 5.57 Å². The average molecular weight is 525 g/mol. The van der Waals surface area contributed by atoms with Crippen molar-refractivity contribution >= 4 is 67.5 Å². The van der Waals surface area contributed by atoms with E-state index in [9.17, 15) is 27.6 Å². The molecule has 2 aliphatic rings. The van der Waals surface area contributed by atoms with Crippen molar-refractivity contribution in [3.63, 3.8) is 0 Å². The van der Waals surface area contributed by atoms with Crippen molar-refractivity contribution in [2.75, 3.05) is 16.8 Å². The number of halogens is 4. The van der Waals surface area contributed by atoms with Gasteiger partial charge in [0.1, 0.15) is 6.54 Å². The number of amidine groups is 1. The molecule has 3 N–H and O–H groups in total. The van der Waals surface area contributed by atoms with Gasteiger partial charge in [0.25, 0.3) is 11.8 Å². The Kier molecular flexibility index (Phi) is 5.59. The van der Waals surface area contributed by atoms with Crippen LogP contribution in [0.1, 0.15) is 11.1 Å². The van der Waals surface area contributed by atoms with E-state index in [0.29, 0.717) is 15.7 Å². The molecule has 0 aromatic heterocycles. The minimum absolute atomic E-state index is 0.00239.